The molecule has 2 saturated heterocycles. The van der Waals surface area contributed by atoms with E-state index in [0.29, 0.717) is 24.8 Å². The quantitative estimate of drug-likeness (QED) is 0.106. The number of benzene rings is 4. The summed E-state index contributed by atoms with van der Waals surface area (Å²) in [6.07, 6.45) is 7.07. The van der Waals surface area contributed by atoms with Crippen molar-refractivity contribution < 1.29 is 34.8 Å². The second kappa shape index (κ2) is 20.2. The van der Waals surface area contributed by atoms with Crippen LogP contribution in [0.3, 0.4) is 0 Å². The molecule has 7 rings (SSSR count). The molecule has 4 aromatic carbocycles. The number of rotatable bonds is 16. The van der Waals surface area contributed by atoms with Gasteiger partial charge in [-0.25, -0.2) is 21.6 Å². The summed E-state index contributed by atoms with van der Waals surface area (Å²) in [7, 11) is -10.8. The molecular weight excluding hydrogens is 879 g/mol. The fraction of sp³-hybridized carbons (Fsp3) is 0.400. The number of carbonyl (C=O) groups excluding carboxylic acids is 1. The molecular formula is C45H51ClF3N5O5S3. The van der Waals surface area contributed by atoms with Crippen LogP contribution in [0.15, 0.2) is 117 Å². The number of anilines is 2. The molecule has 0 unspecified atom stereocenters. The van der Waals surface area contributed by atoms with Crippen molar-refractivity contribution in [1.82, 2.24) is 14.5 Å². The molecule has 2 heterocycles. The van der Waals surface area contributed by atoms with E-state index in [1.54, 1.807) is 12.1 Å². The Kier molecular flexibility index (Phi) is 15.0. The van der Waals surface area contributed by atoms with E-state index in [2.05, 4.69) is 32.1 Å². The van der Waals surface area contributed by atoms with Gasteiger partial charge in [0.15, 0.2) is 0 Å². The topological polar surface area (TPSA) is 119 Å². The molecule has 332 valence electrons. The summed E-state index contributed by atoms with van der Waals surface area (Å²) in [6, 6.07) is 25.9. The minimum absolute atomic E-state index is 0.00751. The first-order valence-corrected chi connectivity index (χ1v) is 25.2. The molecule has 0 bridgehead atoms. The zero-order chi connectivity index (χ0) is 43.9. The summed E-state index contributed by atoms with van der Waals surface area (Å²) >= 11 is 7.61. The van der Waals surface area contributed by atoms with Crippen LogP contribution in [0.2, 0.25) is 5.02 Å². The van der Waals surface area contributed by atoms with Crippen molar-refractivity contribution in [2.45, 2.75) is 71.2 Å². The number of allylic oxidation sites excluding steroid dienone is 1. The molecule has 2 N–H and O–H groups in total. The molecule has 0 spiro atoms. The van der Waals surface area contributed by atoms with Gasteiger partial charge < -0.3 is 15.1 Å². The van der Waals surface area contributed by atoms with Crippen molar-refractivity contribution in [2.24, 2.45) is 0 Å². The highest BCUT2D eigenvalue weighted by Gasteiger charge is 2.48. The lowest BCUT2D eigenvalue weighted by atomic mass is 9.87. The first kappa shape index (κ1) is 45.9. The number of hydrogen-bond acceptors (Lipinski definition) is 10. The maximum Gasteiger partial charge on any atom is 0.501 e. The Labute approximate surface area is 371 Å². The summed E-state index contributed by atoms with van der Waals surface area (Å²) in [4.78, 5) is 19.1. The van der Waals surface area contributed by atoms with Gasteiger partial charge in [0.1, 0.15) is 4.90 Å². The lowest BCUT2D eigenvalue weighted by Crippen LogP contribution is -2.47. The van der Waals surface area contributed by atoms with Crippen LogP contribution < -0.4 is 14.9 Å². The molecule has 4 aromatic rings. The standard InChI is InChI=1S/C45H51ClF3N5O5S3/c46-36-16-12-33(13-17-36)41-11-5-4-8-35(41)31-53-26-28-54(29-27-53)38-18-14-34(15-19-38)44(55)51-62(58,59)40-20-21-42(43(30-40)61(56,57)45(47,48)49)50-37(22-25-52-23-6-7-24-52)32-60-39-9-2-1-3-10-39/h1-3,9-10,12-21,30,37,50H,4-8,11,22-29,31-32H2,(H,51,55)/t37-/m1/s1. The first-order chi connectivity index (χ1) is 29.7. The van der Waals surface area contributed by atoms with Gasteiger partial charge in [-0.05, 0) is 136 Å². The van der Waals surface area contributed by atoms with Gasteiger partial charge in [0, 0.05) is 72.2 Å². The van der Waals surface area contributed by atoms with Crippen LogP contribution in [0, 0.1) is 0 Å². The van der Waals surface area contributed by atoms with Crippen molar-refractivity contribution in [3.05, 3.63) is 119 Å². The SMILES string of the molecule is O=C(NS(=O)(=O)c1ccc(N[C@H](CCN2CCCC2)CSc2ccccc2)c(S(=O)(=O)C(F)(F)F)c1)c1ccc(N2CCN(CC3=C(c4ccc(Cl)cc4)CCCC3)CC2)cc1. The monoisotopic (exact) mass is 929 g/mol. The number of carbonyl (C=O) groups is 1. The van der Waals surface area contributed by atoms with Crippen molar-refractivity contribution in [3.63, 3.8) is 0 Å². The predicted octanol–water partition coefficient (Wildman–Crippen LogP) is 8.96. The van der Waals surface area contributed by atoms with Crippen molar-refractivity contribution in [2.75, 3.05) is 68.3 Å². The normalized spacial score (nSPS) is 17.6. The third kappa shape index (κ3) is 11.5. The number of sulfone groups is 1. The van der Waals surface area contributed by atoms with Crippen LogP contribution in [0.1, 0.15) is 60.9 Å². The number of hydrogen-bond donors (Lipinski definition) is 2. The minimum Gasteiger partial charge on any atom is -0.380 e. The Morgan fingerprint density at radius 2 is 1.45 bits per heavy atom. The summed E-state index contributed by atoms with van der Waals surface area (Å²) < 4.78 is 97.4. The van der Waals surface area contributed by atoms with Gasteiger partial charge in [0.2, 0.25) is 0 Å². The van der Waals surface area contributed by atoms with E-state index in [-0.39, 0.29) is 11.3 Å². The van der Waals surface area contributed by atoms with Gasteiger partial charge in [-0.1, -0.05) is 47.5 Å². The zero-order valence-corrected chi connectivity index (χ0v) is 37.5. The third-order valence-electron chi connectivity index (χ3n) is 11.7. The maximum atomic E-state index is 14.1. The van der Waals surface area contributed by atoms with Crippen LogP contribution >= 0.6 is 23.4 Å². The molecule has 1 aliphatic carbocycles. The molecule has 3 aliphatic rings. The number of halogens is 4. The van der Waals surface area contributed by atoms with E-state index in [9.17, 15) is 34.8 Å². The zero-order valence-electron chi connectivity index (χ0n) is 34.2. The van der Waals surface area contributed by atoms with Gasteiger partial charge in [0.25, 0.3) is 25.8 Å². The maximum absolute atomic E-state index is 14.1. The number of amides is 1. The summed E-state index contributed by atoms with van der Waals surface area (Å²) in [5.41, 5.74) is -1.13. The van der Waals surface area contributed by atoms with E-state index in [1.807, 2.05) is 47.2 Å². The van der Waals surface area contributed by atoms with Gasteiger partial charge in [-0.2, -0.15) is 13.2 Å². The third-order valence-corrected chi connectivity index (χ3v) is 16.0. The van der Waals surface area contributed by atoms with Crippen LogP contribution in [-0.2, 0) is 19.9 Å². The van der Waals surface area contributed by atoms with E-state index in [0.717, 1.165) is 99.2 Å². The smallest absolute Gasteiger partial charge is 0.380 e. The lowest BCUT2D eigenvalue weighted by Gasteiger charge is -2.37. The molecule has 1 atom stereocenters. The Hall–Kier alpha value is -4.06. The second-order valence-corrected chi connectivity index (χ2v) is 21.1. The molecule has 0 aromatic heterocycles. The van der Waals surface area contributed by atoms with Gasteiger partial charge in [0.05, 0.1) is 10.6 Å². The number of nitrogens with zero attached hydrogens (tertiary/aromatic N) is 3. The number of nitrogens with one attached hydrogen (secondary N) is 2. The lowest BCUT2D eigenvalue weighted by molar-refractivity contribution is -0.0435. The molecule has 17 heteroatoms. The number of piperazine rings is 1. The molecule has 10 nitrogen and oxygen atoms in total. The Bertz CT molecular complexity index is 2430. The largest absolute Gasteiger partial charge is 0.501 e. The number of thioether (sulfide) groups is 1. The Morgan fingerprint density at radius 1 is 0.774 bits per heavy atom. The highest BCUT2D eigenvalue weighted by atomic mass is 35.5. The highest BCUT2D eigenvalue weighted by molar-refractivity contribution is 7.99. The molecule has 1 amide bonds. The summed E-state index contributed by atoms with van der Waals surface area (Å²) in [5.74, 6) is -0.611. The van der Waals surface area contributed by atoms with E-state index in [4.69, 9.17) is 11.6 Å². The summed E-state index contributed by atoms with van der Waals surface area (Å²) in [6.45, 7) is 6.53. The van der Waals surface area contributed by atoms with Crippen LogP contribution in [-0.4, -0.2) is 102 Å². The number of sulfonamides is 1. The van der Waals surface area contributed by atoms with Crippen molar-refractivity contribution in [3.8, 4) is 0 Å². The molecule has 0 saturated carbocycles. The Balaban J connectivity index is 1.01. The highest BCUT2D eigenvalue weighted by Crippen LogP contribution is 2.37. The predicted molar refractivity (Wildman–Crippen MR) is 241 cm³/mol. The van der Waals surface area contributed by atoms with Crippen molar-refractivity contribution in [1.29, 1.82) is 0 Å². The number of alkyl halides is 3. The van der Waals surface area contributed by atoms with Crippen LogP contribution in [0.4, 0.5) is 24.5 Å². The van der Waals surface area contributed by atoms with Crippen LogP contribution in [0.25, 0.3) is 5.57 Å². The van der Waals surface area contributed by atoms with Gasteiger partial charge in [-0.3, -0.25) is 9.69 Å². The minimum atomic E-state index is -6.03. The van der Waals surface area contributed by atoms with E-state index < -0.39 is 47.1 Å². The average molecular weight is 931 g/mol. The number of likely N-dealkylation sites (tertiary alicyclic amines) is 1. The van der Waals surface area contributed by atoms with E-state index >= 15 is 0 Å². The average Bonchev–Trinajstić information content (AvgIpc) is 3.79. The molecule has 2 fully saturated rings. The second-order valence-electron chi connectivity index (χ2n) is 16.0. The Morgan fingerprint density at radius 3 is 2.13 bits per heavy atom. The fourth-order valence-corrected chi connectivity index (χ4v) is 11.4. The van der Waals surface area contributed by atoms with Crippen LogP contribution in [0.5, 0.6) is 0 Å². The molecule has 2 aliphatic heterocycles. The van der Waals surface area contributed by atoms with Gasteiger partial charge in [-0.15, -0.1) is 11.8 Å². The molecule has 0 radical (unpaired) electrons. The molecule has 62 heavy (non-hydrogen) atoms. The van der Waals surface area contributed by atoms with E-state index in [1.165, 1.54) is 53.4 Å². The fourth-order valence-electron chi connectivity index (χ4n) is 8.25. The first-order valence-electron chi connectivity index (χ1n) is 20.9. The van der Waals surface area contributed by atoms with Gasteiger partial charge >= 0.3 is 5.51 Å². The summed E-state index contributed by atoms with van der Waals surface area (Å²) in [5, 5.41) is 3.73. The van der Waals surface area contributed by atoms with Crippen molar-refractivity contribution >= 4 is 66.1 Å².